The van der Waals surface area contributed by atoms with Gasteiger partial charge < -0.3 is 0 Å². The van der Waals surface area contributed by atoms with Gasteiger partial charge >= 0.3 is 0 Å². The number of rotatable bonds is 4. The molecule has 0 amide bonds. The molecule has 0 bridgehead atoms. The standard InChI is InChI=1S/C30H48O/c1-20(2)10-9-11-21(3)22-14-18-30(8)24-12-13-25-27(4,5)26(31)16-17-28(25,6)23(24)15-19-29(22,30)7/h10,12,21-23,25H,9,11,13-19H2,1-8H3/t21-,22+,23-,25+,28-,29+,30-/m1/s1. The summed E-state index contributed by atoms with van der Waals surface area (Å²) >= 11 is 0. The van der Waals surface area contributed by atoms with E-state index in [0.29, 0.717) is 33.9 Å². The number of carbonyl (C=O) groups excluding carboxylic acids is 1. The fourth-order valence-electron chi connectivity index (χ4n) is 9.30. The Bertz CT molecular complexity index is 795. The predicted octanol–water partition coefficient (Wildman–Crippen LogP) is 8.54. The Labute approximate surface area is 192 Å². The molecule has 1 nitrogen and oxygen atoms in total. The normalized spacial score (nSPS) is 44.6. The van der Waals surface area contributed by atoms with E-state index < -0.39 is 0 Å². The van der Waals surface area contributed by atoms with E-state index in [-0.39, 0.29) is 5.41 Å². The van der Waals surface area contributed by atoms with Crippen LogP contribution in [-0.2, 0) is 4.79 Å². The first-order valence-corrected chi connectivity index (χ1v) is 13.2. The summed E-state index contributed by atoms with van der Waals surface area (Å²) in [5.41, 5.74) is 4.20. The van der Waals surface area contributed by atoms with Gasteiger partial charge in [-0.25, -0.2) is 0 Å². The Hall–Kier alpha value is -0.850. The van der Waals surface area contributed by atoms with Gasteiger partial charge in [-0.15, -0.1) is 0 Å². The number of allylic oxidation sites excluding steroid dienone is 4. The lowest BCUT2D eigenvalue weighted by Gasteiger charge is -2.63. The van der Waals surface area contributed by atoms with E-state index >= 15 is 0 Å². The molecule has 0 heterocycles. The van der Waals surface area contributed by atoms with Crippen LogP contribution in [0.3, 0.4) is 0 Å². The molecule has 1 heteroatoms. The van der Waals surface area contributed by atoms with Crippen LogP contribution in [0.5, 0.6) is 0 Å². The zero-order valence-electron chi connectivity index (χ0n) is 21.7. The van der Waals surface area contributed by atoms with Crippen LogP contribution in [0.25, 0.3) is 0 Å². The number of hydrogen-bond donors (Lipinski definition) is 0. The highest BCUT2D eigenvalue weighted by Crippen LogP contribution is 2.73. The Kier molecular flexibility index (Phi) is 5.71. The van der Waals surface area contributed by atoms with Crippen molar-refractivity contribution in [3.05, 3.63) is 23.3 Å². The van der Waals surface area contributed by atoms with E-state index in [1.807, 2.05) is 5.57 Å². The summed E-state index contributed by atoms with van der Waals surface area (Å²) in [6.07, 6.45) is 16.2. The van der Waals surface area contributed by atoms with Crippen LogP contribution in [0, 0.1) is 45.3 Å². The molecule has 3 fully saturated rings. The first-order chi connectivity index (χ1) is 14.4. The lowest BCUT2D eigenvalue weighted by Crippen LogP contribution is -2.57. The summed E-state index contributed by atoms with van der Waals surface area (Å²) in [6.45, 7) is 19.3. The molecule has 4 aliphatic rings. The zero-order chi connectivity index (χ0) is 22.8. The van der Waals surface area contributed by atoms with Gasteiger partial charge in [0.05, 0.1) is 0 Å². The molecule has 7 atom stereocenters. The summed E-state index contributed by atoms with van der Waals surface area (Å²) in [6, 6.07) is 0. The van der Waals surface area contributed by atoms with Gasteiger partial charge in [0, 0.05) is 11.8 Å². The van der Waals surface area contributed by atoms with Crippen LogP contribution < -0.4 is 0 Å². The minimum atomic E-state index is -0.158. The van der Waals surface area contributed by atoms with Gasteiger partial charge in [-0.2, -0.15) is 0 Å². The van der Waals surface area contributed by atoms with Crippen LogP contribution in [-0.4, -0.2) is 5.78 Å². The van der Waals surface area contributed by atoms with Gasteiger partial charge in [0.25, 0.3) is 0 Å². The smallest absolute Gasteiger partial charge is 0.138 e. The first kappa shape index (κ1) is 23.3. The monoisotopic (exact) mass is 424 g/mol. The molecule has 0 aromatic heterocycles. The number of fused-ring (bicyclic) bond motifs is 5. The van der Waals surface area contributed by atoms with Crippen molar-refractivity contribution in [3.8, 4) is 0 Å². The molecule has 31 heavy (non-hydrogen) atoms. The molecule has 0 unspecified atom stereocenters. The second-order valence-corrected chi connectivity index (χ2v) is 13.4. The van der Waals surface area contributed by atoms with E-state index in [9.17, 15) is 4.79 Å². The molecule has 0 aliphatic heterocycles. The Morgan fingerprint density at radius 1 is 1.10 bits per heavy atom. The number of hydrogen-bond acceptors (Lipinski definition) is 1. The maximum absolute atomic E-state index is 12.8. The maximum Gasteiger partial charge on any atom is 0.138 e. The van der Waals surface area contributed by atoms with Crippen molar-refractivity contribution < 1.29 is 4.79 Å². The van der Waals surface area contributed by atoms with Gasteiger partial charge in [-0.3, -0.25) is 4.79 Å². The molecular formula is C30H48O. The number of ketones is 1. The average molecular weight is 425 g/mol. The molecular weight excluding hydrogens is 376 g/mol. The summed E-state index contributed by atoms with van der Waals surface area (Å²) < 4.78 is 0. The maximum atomic E-state index is 12.8. The van der Waals surface area contributed by atoms with Crippen LogP contribution >= 0.6 is 0 Å². The van der Waals surface area contributed by atoms with E-state index in [0.717, 1.165) is 31.1 Å². The molecule has 0 aromatic rings. The van der Waals surface area contributed by atoms with Crippen molar-refractivity contribution in [2.24, 2.45) is 45.3 Å². The minimum absolute atomic E-state index is 0.158. The Morgan fingerprint density at radius 2 is 1.81 bits per heavy atom. The average Bonchev–Trinajstić information content (AvgIpc) is 2.96. The van der Waals surface area contributed by atoms with Crippen molar-refractivity contribution in [2.45, 2.75) is 113 Å². The SMILES string of the molecule is CC(C)=CCC[C@@H](C)[C@@H]1CC[C@]2(C)C3=CC[C@H]4C(C)(C)C(=O)CC[C@]4(C)[C@@H]3CC[C@@]12C. The molecule has 0 N–H and O–H groups in total. The van der Waals surface area contributed by atoms with Gasteiger partial charge in [0.1, 0.15) is 5.78 Å². The van der Waals surface area contributed by atoms with Crippen LogP contribution in [0.1, 0.15) is 113 Å². The molecule has 0 aromatic carbocycles. The van der Waals surface area contributed by atoms with Crippen LogP contribution in [0.15, 0.2) is 23.3 Å². The topological polar surface area (TPSA) is 17.1 Å². The highest BCUT2D eigenvalue weighted by Gasteiger charge is 2.65. The minimum Gasteiger partial charge on any atom is -0.299 e. The third-order valence-corrected chi connectivity index (χ3v) is 11.5. The van der Waals surface area contributed by atoms with Gasteiger partial charge in [0.15, 0.2) is 0 Å². The molecule has 3 saturated carbocycles. The third-order valence-electron chi connectivity index (χ3n) is 11.5. The predicted molar refractivity (Wildman–Crippen MR) is 132 cm³/mol. The van der Waals surface area contributed by atoms with Gasteiger partial charge in [-0.1, -0.05) is 64.8 Å². The zero-order valence-corrected chi connectivity index (χ0v) is 21.7. The van der Waals surface area contributed by atoms with Crippen molar-refractivity contribution in [2.75, 3.05) is 0 Å². The molecule has 0 radical (unpaired) electrons. The fourth-order valence-corrected chi connectivity index (χ4v) is 9.30. The second-order valence-electron chi connectivity index (χ2n) is 13.4. The van der Waals surface area contributed by atoms with Gasteiger partial charge in [-0.05, 0) is 105 Å². The van der Waals surface area contributed by atoms with Gasteiger partial charge in [0.2, 0.25) is 0 Å². The molecule has 0 saturated heterocycles. The summed E-state index contributed by atoms with van der Waals surface area (Å²) in [4.78, 5) is 12.8. The summed E-state index contributed by atoms with van der Waals surface area (Å²) in [5, 5.41) is 0. The molecule has 4 rings (SSSR count). The van der Waals surface area contributed by atoms with E-state index in [1.54, 1.807) is 0 Å². The van der Waals surface area contributed by atoms with Crippen molar-refractivity contribution >= 4 is 5.78 Å². The first-order valence-electron chi connectivity index (χ1n) is 13.2. The van der Waals surface area contributed by atoms with Crippen molar-refractivity contribution in [1.29, 1.82) is 0 Å². The third kappa shape index (κ3) is 3.26. The Morgan fingerprint density at radius 3 is 2.48 bits per heavy atom. The quantitative estimate of drug-likeness (QED) is 0.413. The molecule has 4 aliphatic carbocycles. The summed E-state index contributed by atoms with van der Waals surface area (Å²) in [7, 11) is 0. The van der Waals surface area contributed by atoms with E-state index in [1.165, 1.54) is 44.1 Å². The second kappa shape index (κ2) is 7.59. The van der Waals surface area contributed by atoms with E-state index in [2.05, 4.69) is 67.5 Å². The largest absolute Gasteiger partial charge is 0.299 e. The van der Waals surface area contributed by atoms with Crippen molar-refractivity contribution in [1.82, 2.24) is 0 Å². The lowest BCUT2D eigenvalue weighted by molar-refractivity contribution is -0.146. The highest BCUT2D eigenvalue weighted by molar-refractivity contribution is 5.85. The van der Waals surface area contributed by atoms with Crippen LogP contribution in [0.4, 0.5) is 0 Å². The number of Topliss-reactive ketones (excluding diaryl/α,β-unsaturated/α-hetero) is 1. The summed E-state index contributed by atoms with van der Waals surface area (Å²) in [5.74, 6) is 3.36. The molecule has 0 spiro atoms. The van der Waals surface area contributed by atoms with Crippen LogP contribution in [0.2, 0.25) is 0 Å². The fraction of sp³-hybridized carbons (Fsp3) is 0.833. The Balaban J connectivity index is 1.63. The highest BCUT2D eigenvalue weighted by atomic mass is 16.1. The number of carbonyl (C=O) groups is 1. The lowest BCUT2D eigenvalue weighted by atomic mass is 9.41. The van der Waals surface area contributed by atoms with E-state index in [4.69, 9.17) is 0 Å². The molecule has 174 valence electrons. The van der Waals surface area contributed by atoms with Crippen molar-refractivity contribution in [3.63, 3.8) is 0 Å².